The zero-order valence-electron chi connectivity index (χ0n) is 34.1. The van der Waals surface area contributed by atoms with Crippen molar-refractivity contribution in [2.24, 2.45) is 5.73 Å². The third kappa shape index (κ3) is 37.3. The lowest BCUT2D eigenvalue weighted by Gasteiger charge is -2.23. The van der Waals surface area contributed by atoms with E-state index in [1.165, 1.54) is 141 Å². The molecule has 0 saturated carbocycles. The summed E-state index contributed by atoms with van der Waals surface area (Å²) in [7, 11) is -4.34. The molecule has 308 valence electrons. The molecule has 9 heteroatoms. The summed E-state index contributed by atoms with van der Waals surface area (Å²) in [5, 5.41) is 13.7. The number of hydrogen-bond donors (Lipinski definition) is 4. The molecule has 0 spiro atoms. The van der Waals surface area contributed by atoms with Crippen molar-refractivity contribution in [2.45, 2.75) is 225 Å². The second-order valence-corrected chi connectivity index (χ2v) is 16.4. The molecule has 0 aliphatic carbocycles. The summed E-state index contributed by atoms with van der Waals surface area (Å²) < 4.78 is 22.1. The molecule has 0 bridgehead atoms. The topological polar surface area (TPSA) is 131 Å². The standard InChI is InChI=1S/C43H85N2O6P/c1-3-5-7-9-11-13-15-17-18-19-20-21-22-23-24-25-26-28-30-32-34-36-42(46)41(40-51-52(48,49)50-39-38-44)45-43(47)37-35-33-31-29-27-16-14-12-10-8-6-4-2/h12,14,34,36,41-42,46H,3-11,13,15-33,35,37-40,44H2,1-2H3,(H,45,47)(H,48,49)/b14-12-,36-34+. The molecule has 52 heavy (non-hydrogen) atoms. The monoisotopic (exact) mass is 757 g/mol. The number of hydrogen-bond acceptors (Lipinski definition) is 6. The average molecular weight is 757 g/mol. The zero-order valence-corrected chi connectivity index (χ0v) is 35.0. The molecule has 0 aliphatic heterocycles. The minimum absolute atomic E-state index is 0.0780. The van der Waals surface area contributed by atoms with Crippen molar-refractivity contribution in [1.29, 1.82) is 0 Å². The first kappa shape index (κ1) is 51.0. The van der Waals surface area contributed by atoms with Gasteiger partial charge in [-0.3, -0.25) is 13.8 Å². The van der Waals surface area contributed by atoms with E-state index in [0.717, 1.165) is 51.4 Å². The molecule has 8 nitrogen and oxygen atoms in total. The van der Waals surface area contributed by atoms with Crippen molar-refractivity contribution in [3.05, 3.63) is 24.3 Å². The van der Waals surface area contributed by atoms with Gasteiger partial charge >= 0.3 is 7.82 Å². The first-order valence-electron chi connectivity index (χ1n) is 22.0. The molecule has 0 aromatic heterocycles. The first-order valence-corrected chi connectivity index (χ1v) is 23.5. The maximum atomic E-state index is 12.7. The maximum Gasteiger partial charge on any atom is 0.472 e. The summed E-state index contributed by atoms with van der Waals surface area (Å²) in [6.07, 6.45) is 45.2. The van der Waals surface area contributed by atoms with E-state index in [1.807, 2.05) is 6.08 Å². The van der Waals surface area contributed by atoms with Crippen LogP contribution in [0.25, 0.3) is 0 Å². The van der Waals surface area contributed by atoms with Gasteiger partial charge in [0.05, 0.1) is 25.4 Å². The van der Waals surface area contributed by atoms with Crippen LogP contribution in [0.4, 0.5) is 0 Å². The van der Waals surface area contributed by atoms with Crippen LogP contribution in [-0.2, 0) is 18.4 Å². The molecule has 0 aromatic rings. The lowest BCUT2D eigenvalue weighted by atomic mass is 10.0. The first-order chi connectivity index (χ1) is 25.4. The number of aliphatic hydroxyl groups excluding tert-OH is 1. The quantitative estimate of drug-likeness (QED) is 0.0277. The number of carbonyl (C=O) groups is 1. The number of aliphatic hydroxyl groups is 1. The van der Waals surface area contributed by atoms with Crippen LogP contribution >= 0.6 is 7.82 Å². The van der Waals surface area contributed by atoms with Gasteiger partial charge in [0.2, 0.25) is 5.91 Å². The van der Waals surface area contributed by atoms with Crippen molar-refractivity contribution in [2.75, 3.05) is 19.8 Å². The molecule has 0 heterocycles. The molecule has 3 atom stereocenters. The van der Waals surface area contributed by atoms with E-state index in [0.29, 0.717) is 6.42 Å². The Bertz CT molecular complexity index is 871. The summed E-state index contributed by atoms with van der Waals surface area (Å²) in [6, 6.07) is -0.861. The van der Waals surface area contributed by atoms with Gasteiger partial charge in [0.15, 0.2) is 0 Å². The van der Waals surface area contributed by atoms with Crippen molar-refractivity contribution in [1.82, 2.24) is 5.32 Å². The Labute approximate surface area is 321 Å². The number of nitrogens with one attached hydrogen (secondary N) is 1. The fourth-order valence-electron chi connectivity index (χ4n) is 6.42. The van der Waals surface area contributed by atoms with E-state index < -0.39 is 20.0 Å². The Balaban J connectivity index is 4.16. The maximum absolute atomic E-state index is 12.7. The van der Waals surface area contributed by atoms with E-state index in [4.69, 9.17) is 14.8 Å². The van der Waals surface area contributed by atoms with E-state index in [9.17, 15) is 19.4 Å². The molecule has 0 aliphatic rings. The van der Waals surface area contributed by atoms with Crippen LogP contribution in [0.5, 0.6) is 0 Å². The van der Waals surface area contributed by atoms with Gasteiger partial charge in [0, 0.05) is 13.0 Å². The van der Waals surface area contributed by atoms with Gasteiger partial charge < -0.3 is 21.1 Å². The van der Waals surface area contributed by atoms with Crippen LogP contribution in [0.15, 0.2) is 24.3 Å². The predicted octanol–water partition coefficient (Wildman–Crippen LogP) is 12.2. The third-order valence-electron chi connectivity index (χ3n) is 9.77. The van der Waals surface area contributed by atoms with E-state index >= 15 is 0 Å². The molecule has 1 amide bonds. The van der Waals surface area contributed by atoms with Gasteiger partial charge in [-0.25, -0.2) is 4.57 Å². The van der Waals surface area contributed by atoms with E-state index in [-0.39, 0.29) is 25.7 Å². The molecule has 0 radical (unpaired) electrons. The summed E-state index contributed by atoms with van der Waals surface area (Å²) in [6.45, 7) is 4.11. The highest BCUT2D eigenvalue weighted by atomic mass is 31.2. The van der Waals surface area contributed by atoms with Crippen LogP contribution in [0.1, 0.15) is 213 Å². The SMILES string of the molecule is CCCCC/C=C\CCCCCCCC(=O)NC(COP(=O)(O)OCCN)C(O)/C=C/CCCCCCCCCCCCCCCCCCCCC. The summed E-state index contributed by atoms with van der Waals surface area (Å²) >= 11 is 0. The van der Waals surface area contributed by atoms with Crippen LogP contribution in [0.3, 0.4) is 0 Å². The highest BCUT2D eigenvalue weighted by Gasteiger charge is 2.26. The number of nitrogens with two attached hydrogens (primary N) is 1. The Morgan fingerprint density at radius 1 is 0.615 bits per heavy atom. The molecule has 0 saturated heterocycles. The fourth-order valence-corrected chi connectivity index (χ4v) is 7.18. The number of carbonyl (C=O) groups excluding carboxylic acids is 1. The van der Waals surface area contributed by atoms with Gasteiger partial charge in [-0.05, 0) is 44.9 Å². The number of phosphoric acid groups is 1. The van der Waals surface area contributed by atoms with Gasteiger partial charge in [0.1, 0.15) is 0 Å². The van der Waals surface area contributed by atoms with Crippen LogP contribution in [0, 0.1) is 0 Å². The van der Waals surface area contributed by atoms with Gasteiger partial charge in [0.25, 0.3) is 0 Å². The van der Waals surface area contributed by atoms with Gasteiger partial charge in [-0.15, -0.1) is 0 Å². The summed E-state index contributed by atoms with van der Waals surface area (Å²) in [5.41, 5.74) is 5.37. The minimum Gasteiger partial charge on any atom is -0.387 e. The Morgan fingerprint density at radius 3 is 1.46 bits per heavy atom. The second-order valence-electron chi connectivity index (χ2n) is 14.9. The van der Waals surface area contributed by atoms with Gasteiger partial charge in [-0.2, -0.15) is 0 Å². The highest BCUT2D eigenvalue weighted by molar-refractivity contribution is 7.47. The smallest absolute Gasteiger partial charge is 0.387 e. The number of rotatable bonds is 41. The molecule has 0 rings (SSSR count). The Kier molecular flexibility index (Phi) is 38.9. The van der Waals surface area contributed by atoms with Crippen molar-refractivity contribution >= 4 is 13.7 Å². The molecule has 3 unspecified atom stereocenters. The highest BCUT2D eigenvalue weighted by Crippen LogP contribution is 2.43. The molecule has 0 fully saturated rings. The second kappa shape index (κ2) is 39.7. The number of amides is 1. The predicted molar refractivity (Wildman–Crippen MR) is 221 cm³/mol. The normalized spacial score (nSPS) is 14.3. The molecule has 0 aromatic carbocycles. The largest absolute Gasteiger partial charge is 0.472 e. The zero-order chi connectivity index (χ0) is 38.2. The van der Waals surface area contributed by atoms with Crippen LogP contribution in [-0.4, -0.2) is 47.8 Å². The molecular weight excluding hydrogens is 671 g/mol. The third-order valence-corrected chi connectivity index (χ3v) is 10.8. The Morgan fingerprint density at radius 2 is 1.00 bits per heavy atom. The van der Waals surface area contributed by atoms with Crippen molar-refractivity contribution in [3.8, 4) is 0 Å². The lowest BCUT2D eigenvalue weighted by molar-refractivity contribution is -0.123. The number of allylic oxidation sites excluding steroid dienone is 3. The Hall–Kier alpha value is -1.02. The summed E-state index contributed by atoms with van der Waals surface area (Å²) in [4.78, 5) is 22.6. The van der Waals surface area contributed by atoms with E-state index in [1.54, 1.807) is 6.08 Å². The molecular formula is C43H85N2O6P. The van der Waals surface area contributed by atoms with Gasteiger partial charge in [-0.1, -0.05) is 186 Å². The fraction of sp³-hybridized carbons (Fsp3) is 0.884. The van der Waals surface area contributed by atoms with Crippen LogP contribution in [0.2, 0.25) is 0 Å². The number of unbranched alkanes of at least 4 members (excludes halogenated alkanes) is 27. The lowest BCUT2D eigenvalue weighted by Crippen LogP contribution is -2.45. The average Bonchev–Trinajstić information content (AvgIpc) is 3.13. The van der Waals surface area contributed by atoms with Crippen LogP contribution < -0.4 is 11.1 Å². The minimum atomic E-state index is -4.34. The van der Waals surface area contributed by atoms with Crippen molar-refractivity contribution < 1.29 is 28.4 Å². The van der Waals surface area contributed by atoms with E-state index in [2.05, 4.69) is 31.3 Å². The molecule has 5 N–H and O–H groups in total. The summed E-state index contributed by atoms with van der Waals surface area (Å²) in [5.74, 6) is -0.203. The van der Waals surface area contributed by atoms with Crippen molar-refractivity contribution in [3.63, 3.8) is 0 Å². The number of phosphoric ester groups is 1.